The predicted octanol–water partition coefficient (Wildman–Crippen LogP) is 2.98. The van der Waals surface area contributed by atoms with Crippen molar-refractivity contribution in [1.29, 1.82) is 0 Å². The number of hydrogen-bond donors (Lipinski definition) is 1. The van der Waals surface area contributed by atoms with Gasteiger partial charge in [-0.05, 0) is 37.5 Å². The number of nitrogens with one attached hydrogen (secondary N) is 1. The molecule has 4 heteroatoms. The van der Waals surface area contributed by atoms with E-state index in [0.717, 1.165) is 23.2 Å². The van der Waals surface area contributed by atoms with E-state index in [0.29, 0.717) is 6.54 Å². The van der Waals surface area contributed by atoms with Crippen LogP contribution in [-0.2, 0) is 22.6 Å². The lowest BCUT2D eigenvalue weighted by molar-refractivity contribution is -0.128. The van der Waals surface area contributed by atoms with Gasteiger partial charge in [-0.15, -0.1) is 0 Å². The number of amides is 2. The maximum atomic E-state index is 12.6. The Morgan fingerprint density at radius 3 is 2.75 bits per heavy atom. The largest absolute Gasteiger partial charge is 0.352 e. The van der Waals surface area contributed by atoms with Crippen molar-refractivity contribution in [2.45, 2.75) is 39.3 Å². The van der Waals surface area contributed by atoms with E-state index >= 15 is 0 Å². The van der Waals surface area contributed by atoms with E-state index in [9.17, 15) is 9.59 Å². The van der Waals surface area contributed by atoms with Crippen molar-refractivity contribution in [3.63, 3.8) is 0 Å². The fraction of sp³-hybridized carbons (Fsp3) is 0.300. The van der Waals surface area contributed by atoms with E-state index in [-0.39, 0.29) is 24.3 Å². The lowest BCUT2D eigenvalue weighted by Crippen LogP contribution is -2.39. The third-order valence-electron chi connectivity index (χ3n) is 4.36. The van der Waals surface area contributed by atoms with E-state index in [2.05, 4.69) is 5.32 Å². The molecule has 0 radical (unpaired) electrons. The molecule has 1 heterocycles. The lowest BCUT2D eigenvalue weighted by atomic mass is 10.1. The highest BCUT2D eigenvalue weighted by Gasteiger charge is 2.31. The average molecular weight is 322 g/mol. The van der Waals surface area contributed by atoms with Gasteiger partial charge in [0.1, 0.15) is 6.42 Å². The predicted molar refractivity (Wildman–Crippen MR) is 94.7 cm³/mol. The molecule has 2 aromatic carbocycles. The summed E-state index contributed by atoms with van der Waals surface area (Å²) in [5.74, 6) is -0.382. The number of para-hydroxylation sites is 1. The number of aryl methyl sites for hydroxylation is 1. The SMILES string of the molecule is Cc1cccc(CNC(=O)CC(=O)N2c3ccccc3CC2C)c1. The van der Waals surface area contributed by atoms with Gasteiger partial charge in [-0.25, -0.2) is 0 Å². The summed E-state index contributed by atoms with van der Waals surface area (Å²) in [5.41, 5.74) is 4.29. The van der Waals surface area contributed by atoms with Crippen LogP contribution < -0.4 is 10.2 Å². The maximum absolute atomic E-state index is 12.6. The second-order valence-electron chi connectivity index (χ2n) is 6.39. The number of fused-ring (bicyclic) bond motifs is 1. The number of carbonyl (C=O) groups is 2. The Labute approximate surface area is 142 Å². The van der Waals surface area contributed by atoms with Crippen molar-refractivity contribution < 1.29 is 9.59 Å². The Balaban J connectivity index is 1.59. The van der Waals surface area contributed by atoms with Gasteiger partial charge < -0.3 is 10.2 Å². The topological polar surface area (TPSA) is 49.4 Å². The standard InChI is InChI=1S/C20H22N2O2/c1-14-6-5-7-16(10-14)13-21-19(23)12-20(24)22-15(2)11-17-8-3-4-9-18(17)22/h3-10,15H,11-13H2,1-2H3,(H,21,23). The molecule has 0 aliphatic carbocycles. The first kappa shape index (κ1) is 16.2. The Kier molecular flexibility index (Phi) is 4.65. The summed E-state index contributed by atoms with van der Waals surface area (Å²) < 4.78 is 0. The third-order valence-corrected chi connectivity index (χ3v) is 4.36. The number of benzene rings is 2. The van der Waals surface area contributed by atoms with Crippen LogP contribution in [0.4, 0.5) is 5.69 Å². The van der Waals surface area contributed by atoms with E-state index in [1.165, 1.54) is 5.56 Å². The Morgan fingerprint density at radius 2 is 1.96 bits per heavy atom. The van der Waals surface area contributed by atoms with E-state index in [1.807, 2.05) is 62.4 Å². The summed E-state index contributed by atoms with van der Waals surface area (Å²) in [7, 11) is 0. The summed E-state index contributed by atoms with van der Waals surface area (Å²) in [6, 6.07) is 16.0. The minimum atomic E-state index is -0.238. The molecular weight excluding hydrogens is 300 g/mol. The first-order valence-electron chi connectivity index (χ1n) is 8.27. The minimum Gasteiger partial charge on any atom is -0.352 e. The van der Waals surface area contributed by atoms with Crippen molar-refractivity contribution in [2.75, 3.05) is 4.90 Å². The molecule has 0 fully saturated rings. The van der Waals surface area contributed by atoms with E-state index in [4.69, 9.17) is 0 Å². The molecule has 4 nitrogen and oxygen atoms in total. The molecule has 0 bridgehead atoms. The van der Waals surface area contributed by atoms with Crippen molar-refractivity contribution in [1.82, 2.24) is 5.32 Å². The molecule has 2 aromatic rings. The van der Waals surface area contributed by atoms with Crippen LogP contribution in [-0.4, -0.2) is 17.9 Å². The van der Waals surface area contributed by atoms with Crippen molar-refractivity contribution in [2.24, 2.45) is 0 Å². The first-order valence-corrected chi connectivity index (χ1v) is 8.27. The summed E-state index contributed by atoms with van der Waals surface area (Å²) in [6.07, 6.45) is 0.720. The fourth-order valence-electron chi connectivity index (χ4n) is 3.25. The van der Waals surface area contributed by atoms with Gasteiger partial charge in [0.15, 0.2) is 0 Å². The molecule has 3 rings (SSSR count). The van der Waals surface area contributed by atoms with Gasteiger partial charge in [0, 0.05) is 18.3 Å². The van der Waals surface area contributed by atoms with Crippen LogP contribution in [0.5, 0.6) is 0 Å². The molecule has 1 aliphatic heterocycles. The van der Waals surface area contributed by atoms with Crippen molar-refractivity contribution >= 4 is 17.5 Å². The molecule has 2 amide bonds. The summed E-state index contributed by atoms with van der Waals surface area (Å²) >= 11 is 0. The summed E-state index contributed by atoms with van der Waals surface area (Å²) in [5, 5.41) is 2.83. The quantitative estimate of drug-likeness (QED) is 0.880. The minimum absolute atomic E-state index is 0.0967. The Hall–Kier alpha value is -2.62. The first-order chi connectivity index (χ1) is 11.5. The molecular formula is C20H22N2O2. The van der Waals surface area contributed by atoms with Crippen LogP contribution in [0.1, 0.15) is 30.0 Å². The van der Waals surface area contributed by atoms with Crippen LogP contribution in [0.25, 0.3) is 0 Å². The van der Waals surface area contributed by atoms with Gasteiger partial charge in [-0.1, -0.05) is 48.0 Å². The summed E-state index contributed by atoms with van der Waals surface area (Å²) in [4.78, 5) is 26.4. The van der Waals surface area contributed by atoms with Gasteiger partial charge in [0.05, 0.1) is 0 Å². The summed E-state index contributed by atoms with van der Waals surface area (Å²) in [6.45, 7) is 4.48. The van der Waals surface area contributed by atoms with Gasteiger partial charge >= 0.3 is 0 Å². The van der Waals surface area contributed by atoms with Gasteiger partial charge in [0.25, 0.3) is 0 Å². The molecule has 1 unspecified atom stereocenters. The highest BCUT2D eigenvalue weighted by Crippen LogP contribution is 2.32. The molecule has 0 aromatic heterocycles. The maximum Gasteiger partial charge on any atom is 0.236 e. The second-order valence-corrected chi connectivity index (χ2v) is 6.39. The third kappa shape index (κ3) is 3.48. The number of rotatable bonds is 4. The monoisotopic (exact) mass is 322 g/mol. The van der Waals surface area contributed by atoms with Crippen LogP contribution in [0.2, 0.25) is 0 Å². The second kappa shape index (κ2) is 6.87. The Bertz CT molecular complexity index is 770. The van der Waals surface area contributed by atoms with Crippen molar-refractivity contribution in [3.05, 3.63) is 65.2 Å². The molecule has 0 spiro atoms. The van der Waals surface area contributed by atoms with E-state index < -0.39 is 0 Å². The van der Waals surface area contributed by atoms with Crippen LogP contribution >= 0.6 is 0 Å². The molecule has 1 atom stereocenters. The zero-order valence-electron chi connectivity index (χ0n) is 14.1. The highest BCUT2D eigenvalue weighted by atomic mass is 16.2. The van der Waals surface area contributed by atoms with Gasteiger partial charge in [-0.2, -0.15) is 0 Å². The van der Waals surface area contributed by atoms with Gasteiger partial charge in [-0.3, -0.25) is 9.59 Å². The molecule has 1 N–H and O–H groups in total. The molecule has 0 saturated carbocycles. The number of nitrogens with zero attached hydrogens (tertiary/aromatic N) is 1. The van der Waals surface area contributed by atoms with Crippen LogP contribution in [0.15, 0.2) is 48.5 Å². The number of carbonyl (C=O) groups excluding carboxylic acids is 2. The molecule has 124 valence electrons. The van der Waals surface area contributed by atoms with Crippen LogP contribution in [0.3, 0.4) is 0 Å². The lowest BCUT2D eigenvalue weighted by Gasteiger charge is -2.22. The highest BCUT2D eigenvalue weighted by molar-refractivity contribution is 6.06. The number of anilines is 1. The molecule has 1 aliphatic rings. The van der Waals surface area contributed by atoms with E-state index in [1.54, 1.807) is 4.90 Å². The normalized spacial score (nSPS) is 15.9. The number of hydrogen-bond acceptors (Lipinski definition) is 2. The zero-order valence-corrected chi connectivity index (χ0v) is 14.1. The Morgan fingerprint density at radius 1 is 1.17 bits per heavy atom. The van der Waals surface area contributed by atoms with Crippen LogP contribution in [0, 0.1) is 6.92 Å². The average Bonchev–Trinajstić information content (AvgIpc) is 2.89. The van der Waals surface area contributed by atoms with Crippen molar-refractivity contribution in [3.8, 4) is 0 Å². The zero-order chi connectivity index (χ0) is 17.1. The smallest absolute Gasteiger partial charge is 0.236 e. The fourth-order valence-corrected chi connectivity index (χ4v) is 3.25. The van der Waals surface area contributed by atoms with Gasteiger partial charge in [0.2, 0.25) is 11.8 Å². The molecule has 24 heavy (non-hydrogen) atoms. The molecule has 0 saturated heterocycles.